The lowest BCUT2D eigenvalue weighted by Crippen LogP contribution is -2.39. The molecule has 0 spiro atoms. The average molecular weight is 379 g/mol. The summed E-state index contributed by atoms with van der Waals surface area (Å²) in [7, 11) is 0. The van der Waals surface area contributed by atoms with Gasteiger partial charge in [0.15, 0.2) is 5.96 Å². The van der Waals surface area contributed by atoms with Crippen LogP contribution >= 0.6 is 24.0 Å². The standard InChI is InChI=1S/C11H17N5O2.HI/c1-3-5-13-10(12-4-2)14-6-7-16-9(17)8-15-11(16)18;/h1H,4-8H2,2H3,(H,15,18)(H2,12,13,14);1H. The summed E-state index contributed by atoms with van der Waals surface area (Å²) in [6.07, 6.45) is 5.14. The number of hydrogen-bond acceptors (Lipinski definition) is 3. The third-order valence-corrected chi connectivity index (χ3v) is 2.23. The molecule has 1 rings (SSSR count). The zero-order valence-electron chi connectivity index (χ0n) is 10.7. The molecule has 1 aliphatic heterocycles. The second kappa shape index (κ2) is 9.43. The molecule has 0 aliphatic carbocycles. The number of hydrogen-bond donors (Lipinski definition) is 3. The lowest BCUT2D eigenvalue weighted by molar-refractivity contribution is -0.124. The first-order valence-corrected chi connectivity index (χ1v) is 5.73. The summed E-state index contributed by atoms with van der Waals surface area (Å²) in [6, 6.07) is -0.364. The minimum absolute atomic E-state index is 0. The van der Waals surface area contributed by atoms with Crippen molar-refractivity contribution in [2.75, 3.05) is 32.7 Å². The fourth-order valence-corrected chi connectivity index (χ4v) is 1.42. The number of nitrogens with one attached hydrogen (secondary N) is 3. The van der Waals surface area contributed by atoms with E-state index in [0.29, 0.717) is 25.6 Å². The van der Waals surface area contributed by atoms with E-state index in [-0.39, 0.29) is 49.0 Å². The Morgan fingerprint density at radius 1 is 1.53 bits per heavy atom. The van der Waals surface area contributed by atoms with Crippen LogP contribution in [0.25, 0.3) is 0 Å². The van der Waals surface area contributed by atoms with Crippen LogP contribution in [-0.2, 0) is 4.79 Å². The highest BCUT2D eigenvalue weighted by molar-refractivity contribution is 14.0. The van der Waals surface area contributed by atoms with Crippen molar-refractivity contribution in [3.05, 3.63) is 0 Å². The van der Waals surface area contributed by atoms with Gasteiger partial charge in [-0.3, -0.25) is 14.7 Å². The average Bonchev–Trinajstić information content (AvgIpc) is 2.67. The molecule has 1 saturated heterocycles. The van der Waals surface area contributed by atoms with Crippen molar-refractivity contribution in [1.29, 1.82) is 0 Å². The molecule has 0 bridgehead atoms. The molecule has 1 fully saturated rings. The summed E-state index contributed by atoms with van der Waals surface area (Å²) in [5, 5.41) is 8.37. The molecule has 0 unspecified atom stereocenters. The van der Waals surface area contributed by atoms with Crippen LogP contribution in [0.1, 0.15) is 6.92 Å². The summed E-state index contributed by atoms with van der Waals surface area (Å²) >= 11 is 0. The Morgan fingerprint density at radius 2 is 2.26 bits per heavy atom. The van der Waals surface area contributed by atoms with Gasteiger partial charge in [0, 0.05) is 6.54 Å². The van der Waals surface area contributed by atoms with Gasteiger partial charge in [0.1, 0.15) is 0 Å². The van der Waals surface area contributed by atoms with E-state index in [1.807, 2.05) is 6.92 Å². The molecule has 0 aromatic rings. The normalized spacial score (nSPS) is 14.5. The number of aliphatic imine (C=N–C) groups is 1. The smallest absolute Gasteiger partial charge is 0.324 e. The second-order valence-corrected chi connectivity index (χ2v) is 3.52. The van der Waals surface area contributed by atoms with Gasteiger partial charge in [-0.2, -0.15) is 0 Å². The maximum absolute atomic E-state index is 11.3. The van der Waals surface area contributed by atoms with Crippen molar-refractivity contribution in [2.24, 2.45) is 4.99 Å². The number of carbonyl (C=O) groups is 2. The first kappa shape index (κ1) is 17.5. The molecule has 0 aromatic carbocycles. The fourth-order valence-electron chi connectivity index (χ4n) is 1.42. The lowest BCUT2D eigenvalue weighted by atomic mass is 10.5. The highest BCUT2D eigenvalue weighted by atomic mass is 127. The van der Waals surface area contributed by atoms with Crippen molar-refractivity contribution in [2.45, 2.75) is 6.92 Å². The number of imide groups is 1. The van der Waals surface area contributed by atoms with Gasteiger partial charge in [0.05, 0.1) is 26.2 Å². The van der Waals surface area contributed by atoms with Gasteiger partial charge >= 0.3 is 6.03 Å². The van der Waals surface area contributed by atoms with Gasteiger partial charge in [-0.25, -0.2) is 4.79 Å². The van der Waals surface area contributed by atoms with Crippen LogP contribution in [0, 0.1) is 12.3 Å². The SMILES string of the molecule is C#CCNC(=NCCN1C(=O)CNC1=O)NCC.I. The zero-order valence-corrected chi connectivity index (χ0v) is 13.1. The van der Waals surface area contributed by atoms with Crippen molar-refractivity contribution in [3.8, 4) is 12.3 Å². The minimum atomic E-state index is -0.364. The van der Waals surface area contributed by atoms with Crippen molar-refractivity contribution in [3.63, 3.8) is 0 Å². The van der Waals surface area contributed by atoms with Gasteiger partial charge in [0.2, 0.25) is 5.91 Å². The Kier molecular flexibility index (Phi) is 8.69. The maximum Gasteiger partial charge on any atom is 0.324 e. The number of rotatable bonds is 5. The Bertz CT molecular complexity index is 375. The summed E-state index contributed by atoms with van der Waals surface area (Å²) < 4.78 is 0. The largest absolute Gasteiger partial charge is 0.357 e. The number of amides is 3. The van der Waals surface area contributed by atoms with E-state index in [4.69, 9.17) is 6.42 Å². The Labute approximate surface area is 129 Å². The van der Waals surface area contributed by atoms with E-state index >= 15 is 0 Å². The molecule has 0 saturated carbocycles. The molecule has 0 aromatic heterocycles. The Morgan fingerprint density at radius 3 is 2.79 bits per heavy atom. The van der Waals surface area contributed by atoms with Crippen molar-refractivity contribution < 1.29 is 9.59 Å². The third kappa shape index (κ3) is 5.78. The molecular formula is C11H18IN5O2. The predicted octanol–water partition coefficient (Wildman–Crippen LogP) is -0.655. The molecule has 19 heavy (non-hydrogen) atoms. The van der Waals surface area contributed by atoms with E-state index in [0.717, 1.165) is 4.90 Å². The van der Waals surface area contributed by atoms with E-state index in [1.165, 1.54) is 0 Å². The molecule has 3 N–H and O–H groups in total. The third-order valence-electron chi connectivity index (χ3n) is 2.23. The van der Waals surface area contributed by atoms with Gasteiger partial charge < -0.3 is 16.0 Å². The van der Waals surface area contributed by atoms with Crippen LogP contribution in [0.4, 0.5) is 4.79 Å². The van der Waals surface area contributed by atoms with Crippen LogP contribution in [0.2, 0.25) is 0 Å². The van der Waals surface area contributed by atoms with Crippen LogP contribution in [0.15, 0.2) is 4.99 Å². The zero-order chi connectivity index (χ0) is 13.4. The van der Waals surface area contributed by atoms with Gasteiger partial charge in [-0.1, -0.05) is 5.92 Å². The van der Waals surface area contributed by atoms with Crippen molar-refractivity contribution >= 4 is 41.9 Å². The highest BCUT2D eigenvalue weighted by Gasteiger charge is 2.27. The van der Waals surface area contributed by atoms with Crippen LogP contribution in [0.3, 0.4) is 0 Å². The first-order chi connectivity index (χ1) is 8.69. The molecule has 106 valence electrons. The Balaban J connectivity index is 0.00000324. The van der Waals surface area contributed by atoms with Gasteiger partial charge in [0.25, 0.3) is 0 Å². The topological polar surface area (TPSA) is 85.8 Å². The molecule has 0 atom stereocenters. The summed E-state index contributed by atoms with van der Waals surface area (Å²) in [4.78, 5) is 27.9. The Hall–Kier alpha value is -1.50. The number of guanidine groups is 1. The van der Waals surface area contributed by atoms with Crippen LogP contribution < -0.4 is 16.0 Å². The van der Waals surface area contributed by atoms with Crippen LogP contribution in [-0.4, -0.2) is 55.5 Å². The number of urea groups is 1. The first-order valence-electron chi connectivity index (χ1n) is 5.73. The maximum atomic E-state index is 11.3. The molecule has 3 amide bonds. The van der Waals surface area contributed by atoms with E-state index in [1.54, 1.807) is 0 Å². The quantitative estimate of drug-likeness (QED) is 0.195. The van der Waals surface area contributed by atoms with E-state index in [9.17, 15) is 9.59 Å². The summed E-state index contributed by atoms with van der Waals surface area (Å²) in [6.45, 7) is 3.67. The second-order valence-electron chi connectivity index (χ2n) is 3.52. The predicted molar refractivity (Wildman–Crippen MR) is 83.3 cm³/mol. The summed E-state index contributed by atoms with van der Waals surface area (Å²) in [5.74, 6) is 2.79. The number of carbonyl (C=O) groups excluding carboxylic acids is 2. The number of nitrogens with zero attached hydrogens (tertiary/aromatic N) is 2. The van der Waals surface area contributed by atoms with E-state index in [2.05, 4.69) is 26.9 Å². The lowest BCUT2D eigenvalue weighted by Gasteiger charge is -2.12. The van der Waals surface area contributed by atoms with Gasteiger partial charge in [-0.05, 0) is 6.92 Å². The monoisotopic (exact) mass is 379 g/mol. The van der Waals surface area contributed by atoms with Gasteiger partial charge in [-0.15, -0.1) is 30.4 Å². The highest BCUT2D eigenvalue weighted by Crippen LogP contribution is 1.97. The number of terminal acetylenes is 1. The minimum Gasteiger partial charge on any atom is -0.357 e. The number of halogens is 1. The molecule has 0 radical (unpaired) electrons. The summed E-state index contributed by atoms with van der Waals surface area (Å²) in [5.41, 5.74) is 0. The van der Waals surface area contributed by atoms with Crippen molar-refractivity contribution in [1.82, 2.24) is 20.9 Å². The molecule has 8 heteroatoms. The molecule has 1 heterocycles. The molecular weight excluding hydrogens is 361 g/mol. The molecule has 1 aliphatic rings. The molecule has 7 nitrogen and oxygen atoms in total. The fraction of sp³-hybridized carbons (Fsp3) is 0.545. The van der Waals surface area contributed by atoms with Crippen LogP contribution in [0.5, 0.6) is 0 Å². The van der Waals surface area contributed by atoms with E-state index < -0.39 is 0 Å².